The number of hydrogen-bond donors (Lipinski definition) is 0. The van der Waals surface area contributed by atoms with Crippen LogP contribution in [0.3, 0.4) is 0 Å². The van der Waals surface area contributed by atoms with Gasteiger partial charge in [-0.25, -0.2) is 23.4 Å². The Labute approximate surface area is 245 Å². The summed E-state index contributed by atoms with van der Waals surface area (Å²) >= 11 is 0. The van der Waals surface area contributed by atoms with Crippen LogP contribution in [0.4, 0.5) is 0 Å². The normalized spacial score (nSPS) is 23.5. The predicted molar refractivity (Wildman–Crippen MR) is 159 cm³/mol. The first-order valence-electron chi connectivity index (χ1n) is 15.3. The summed E-state index contributed by atoms with van der Waals surface area (Å²) < 4.78 is 28.5. The molecule has 3 fully saturated rings. The third kappa shape index (κ3) is 5.92. The smallest absolute Gasteiger partial charge is 0.260 e. The van der Waals surface area contributed by atoms with E-state index in [0.717, 1.165) is 88.9 Å². The average Bonchev–Trinajstić information content (AvgIpc) is 2.97. The monoisotopic (exact) mass is 582 g/mol. The van der Waals surface area contributed by atoms with Crippen molar-refractivity contribution in [3.8, 4) is 0 Å². The number of pyridine rings is 1. The number of amides is 1. The number of unbranched alkanes of at least 4 members (excludes halogenated alkanes) is 1. The topological polar surface area (TPSA) is 99.6 Å². The van der Waals surface area contributed by atoms with Crippen LogP contribution in [-0.2, 0) is 10.0 Å². The van der Waals surface area contributed by atoms with E-state index in [1.807, 2.05) is 18.7 Å². The highest BCUT2D eigenvalue weighted by Crippen LogP contribution is 2.49. The Morgan fingerprint density at radius 2 is 1.61 bits per heavy atom. The molecule has 0 aliphatic carbocycles. The Hall–Kier alpha value is -2.43. The van der Waals surface area contributed by atoms with E-state index in [1.165, 1.54) is 6.33 Å². The van der Waals surface area contributed by atoms with Crippen molar-refractivity contribution < 1.29 is 13.2 Å². The molecule has 2 aromatic heterocycles. The van der Waals surface area contributed by atoms with Crippen LogP contribution in [0.25, 0.3) is 0 Å². The van der Waals surface area contributed by atoms with Crippen LogP contribution in [0.2, 0.25) is 0 Å². The molecule has 1 atom stereocenters. The van der Waals surface area contributed by atoms with Crippen molar-refractivity contribution in [2.24, 2.45) is 11.3 Å². The van der Waals surface area contributed by atoms with E-state index in [4.69, 9.17) is 0 Å². The van der Waals surface area contributed by atoms with E-state index in [-0.39, 0.29) is 21.9 Å². The fraction of sp³-hybridized carbons (Fsp3) is 0.677. The van der Waals surface area contributed by atoms with Crippen LogP contribution in [0.1, 0.15) is 87.0 Å². The second kappa shape index (κ2) is 12.1. The summed E-state index contributed by atoms with van der Waals surface area (Å²) in [5.41, 5.74) is 2.39. The lowest BCUT2D eigenvalue weighted by molar-refractivity contribution is -0.0483. The second-order valence-electron chi connectivity index (χ2n) is 12.7. The van der Waals surface area contributed by atoms with Crippen molar-refractivity contribution in [3.63, 3.8) is 0 Å². The van der Waals surface area contributed by atoms with E-state index in [2.05, 4.69) is 33.7 Å². The lowest BCUT2D eigenvalue weighted by Gasteiger charge is -2.55. The number of sulfonamides is 1. The van der Waals surface area contributed by atoms with Gasteiger partial charge in [0.2, 0.25) is 0 Å². The minimum absolute atomic E-state index is 0.0476. The number of rotatable bonds is 7. The predicted octanol–water partition coefficient (Wildman–Crippen LogP) is 4.47. The maximum absolute atomic E-state index is 13.4. The van der Waals surface area contributed by atoms with E-state index >= 15 is 0 Å². The quantitative estimate of drug-likeness (QED) is 0.475. The molecular formula is C31H46N6O3S. The van der Waals surface area contributed by atoms with Crippen LogP contribution in [0.15, 0.2) is 35.7 Å². The maximum atomic E-state index is 13.4. The molecule has 0 radical (unpaired) electrons. The van der Waals surface area contributed by atoms with Crippen LogP contribution in [0.5, 0.6) is 0 Å². The Bertz CT molecular complexity index is 1300. The summed E-state index contributed by atoms with van der Waals surface area (Å²) in [7, 11) is -3.58. The Balaban J connectivity index is 1.23. The minimum Gasteiger partial charge on any atom is -0.338 e. The molecule has 0 bridgehead atoms. The zero-order valence-corrected chi connectivity index (χ0v) is 26.0. The van der Waals surface area contributed by atoms with E-state index in [0.29, 0.717) is 24.6 Å². The van der Waals surface area contributed by atoms with Gasteiger partial charge in [-0.05, 0) is 95.9 Å². The molecule has 2 aromatic rings. The molecule has 5 rings (SSSR count). The molecule has 0 N–H and O–H groups in total. The number of aromatic nitrogens is 3. The van der Waals surface area contributed by atoms with E-state index in [9.17, 15) is 13.2 Å². The highest BCUT2D eigenvalue weighted by Gasteiger charge is 2.49. The minimum atomic E-state index is -3.58. The third-order valence-electron chi connectivity index (χ3n) is 10.4. The van der Waals surface area contributed by atoms with Gasteiger partial charge < -0.3 is 4.90 Å². The van der Waals surface area contributed by atoms with Gasteiger partial charge in [0.25, 0.3) is 15.9 Å². The largest absolute Gasteiger partial charge is 0.338 e. The van der Waals surface area contributed by atoms with Gasteiger partial charge in [0.15, 0.2) is 5.03 Å². The average molecular weight is 583 g/mol. The first kappa shape index (κ1) is 30.0. The van der Waals surface area contributed by atoms with Crippen LogP contribution in [0, 0.1) is 25.2 Å². The first-order valence-corrected chi connectivity index (χ1v) is 16.8. The molecule has 10 heteroatoms. The molecule has 5 heterocycles. The molecule has 224 valence electrons. The summed E-state index contributed by atoms with van der Waals surface area (Å²) in [5.74, 6) is 0.412. The highest BCUT2D eigenvalue weighted by atomic mass is 32.2. The van der Waals surface area contributed by atoms with Gasteiger partial charge in [-0.1, -0.05) is 25.8 Å². The van der Waals surface area contributed by atoms with Gasteiger partial charge >= 0.3 is 0 Å². The summed E-state index contributed by atoms with van der Waals surface area (Å²) in [5, 5.41) is 0.155. The van der Waals surface area contributed by atoms with Crippen molar-refractivity contribution in [2.75, 3.05) is 39.3 Å². The molecule has 1 amide bonds. The van der Waals surface area contributed by atoms with Gasteiger partial charge in [-0.15, -0.1) is 0 Å². The number of piperidine rings is 3. The van der Waals surface area contributed by atoms with Crippen molar-refractivity contribution in [1.29, 1.82) is 0 Å². The van der Waals surface area contributed by atoms with Crippen molar-refractivity contribution >= 4 is 15.9 Å². The fourth-order valence-corrected chi connectivity index (χ4v) is 8.92. The van der Waals surface area contributed by atoms with Crippen molar-refractivity contribution in [3.05, 3.63) is 47.7 Å². The van der Waals surface area contributed by atoms with Gasteiger partial charge in [0.05, 0.1) is 17.0 Å². The zero-order chi connectivity index (χ0) is 29.3. The number of likely N-dealkylation sites (tertiary alicyclic amines) is 2. The molecule has 3 aliphatic heterocycles. The van der Waals surface area contributed by atoms with Crippen LogP contribution < -0.4 is 0 Å². The lowest BCUT2D eigenvalue weighted by Crippen LogP contribution is -2.60. The molecule has 3 aliphatic rings. The number of carbonyl (C=O) groups is 1. The summed E-state index contributed by atoms with van der Waals surface area (Å²) in [6, 6.07) is 5.11. The number of nitrogens with zero attached hydrogens (tertiary/aromatic N) is 6. The SMILES string of the molecule is CCCCC1CN(S(=O)(=O)c2ccccn2)CCC12CCN(C1(C)CCN(C(=O)c3c(C)ncnc3C)CC1)CC2. The first-order chi connectivity index (χ1) is 19.6. The highest BCUT2D eigenvalue weighted by molar-refractivity contribution is 7.89. The molecule has 1 spiro atoms. The second-order valence-corrected chi connectivity index (χ2v) is 14.6. The van der Waals surface area contributed by atoms with Crippen molar-refractivity contribution in [1.82, 2.24) is 29.1 Å². The Kier molecular flexibility index (Phi) is 8.83. The number of hydrogen-bond acceptors (Lipinski definition) is 7. The standard InChI is InChI=1S/C31H46N6O3S/c1-5-6-9-26-22-37(41(39,40)27-10-7-8-16-32-27)21-15-31(26)13-19-36(20-14-31)30(4)11-17-35(18-12-30)29(38)28-24(2)33-23-34-25(28)3/h7-8,10,16,23,26H,5-6,9,11-15,17-22H2,1-4H3. The van der Waals surface area contributed by atoms with Crippen molar-refractivity contribution in [2.45, 2.75) is 89.6 Å². The van der Waals surface area contributed by atoms with E-state index < -0.39 is 10.0 Å². The summed E-state index contributed by atoms with van der Waals surface area (Å²) in [4.78, 5) is 30.6. The molecular weight excluding hydrogens is 536 g/mol. The molecule has 41 heavy (non-hydrogen) atoms. The van der Waals surface area contributed by atoms with Crippen LogP contribution in [-0.4, -0.2) is 88.2 Å². The van der Waals surface area contributed by atoms with E-state index in [1.54, 1.807) is 28.7 Å². The summed E-state index contributed by atoms with van der Waals surface area (Å²) in [6.45, 7) is 13.0. The Morgan fingerprint density at radius 1 is 0.951 bits per heavy atom. The Morgan fingerprint density at radius 3 is 2.22 bits per heavy atom. The maximum Gasteiger partial charge on any atom is 0.260 e. The number of aryl methyl sites for hydroxylation is 2. The molecule has 3 saturated heterocycles. The third-order valence-corrected chi connectivity index (χ3v) is 12.2. The molecule has 9 nitrogen and oxygen atoms in total. The van der Waals surface area contributed by atoms with Gasteiger partial charge in [0, 0.05) is 37.9 Å². The molecule has 0 saturated carbocycles. The van der Waals surface area contributed by atoms with Gasteiger partial charge in [-0.2, -0.15) is 4.31 Å². The van der Waals surface area contributed by atoms with Gasteiger partial charge in [0.1, 0.15) is 6.33 Å². The number of carbonyl (C=O) groups excluding carboxylic acids is 1. The lowest BCUT2D eigenvalue weighted by atomic mass is 9.63. The molecule has 0 aromatic carbocycles. The zero-order valence-electron chi connectivity index (χ0n) is 25.2. The van der Waals surface area contributed by atoms with Gasteiger partial charge in [-0.3, -0.25) is 9.69 Å². The fourth-order valence-electron chi connectivity index (χ4n) is 7.50. The molecule has 1 unspecified atom stereocenters. The van der Waals surface area contributed by atoms with Crippen LogP contribution >= 0.6 is 0 Å². The summed E-state index contributed by atoms with van der Waals surface area (Å²) in [6.07, 6.45) is 11.4.